The van der Waals surface area contributed by atoms with Gasteiger partial charge in [0.2, 0.25) is 0 Å². The van der Waals surface area contributed by atoms with E-state index in [0.717, 1.165) is 0 Å². The quantitative estimate of drug-likeness (QED) is 0.915. The van der Waals surface area contributed by atoms with Crippen LogP contribution in [0, 0.1) is 11.2 Å². The number of amides is 1. The fourth-order valence-electron chi connectivity index (χ4n) is 2.23. The molecule has 4 nitrogen and oxygen atoms in total. The maximum atomic E-state index is 13.6. The molecule has 1 aliphatic rings. The highest BCUT2D eigenvalue weighted by molar-refractivity contribution is 6.04. The Morgan fingerprint density at radius 3 is 2.52 bits per heavy atom. The summed E-state index contributed by atoms with van der Waals surface area (Å²) in [6.45, 7) is 5.13. The van der Waals surface area contributed by atoms with Crippen molar-refractivity contribution in [2.24, 2.45) is 5.41 Å². The normalized spacial score (nSPS) is 15.6. The van der Waals surface area contributed by atoms with Crippen molar-refractivity contribution < 1.29 is 18.7 Å². The predicted octanol–water partition coefficient (Wildman–Crippen LogP) is 3.88. The van der Waals surface area contributed by atoms with Gasteiger partial charge in [0.05, 0.1) is 18.9 Å². The summed E-state index contributed by atoms with van der Waals surface area (Å²) in [4.78, 5) is 12.3. The highest BCUT2D eigenvalue weighted by Gasteiger charge is 2.25. The lowest BCUT2D eigenvalue weighted by Crippen LogP contribution is -2.26. The van der Waals surface area contributed by atoms with E-state index in [1.807, 2.05) is 13.8 Å². The van der Waals surface area contributed by atoms with E-state index in [4.69, 9.17) is 9.47 Å². The molecule has 1 N–H and O–H groups in total. The summed E-state index contributed by atoms with van der Waals surface area (Å²) in [5, 5.41) is 2.55. The number of hydrogen-bond acceptors (Lipinski definition) is 3. The number of fused-ring (bicyclic) bond motifs is 1. The number of anilines is 1. The summed E-state index contributed by atoms with van der Waals surface area (Å²) < 4.78 is 25.1. The third kappa shape index (κ3) is 3.44. The van der Waals surface area contributed by atoms with Crippen molar-refractivity contribution in [3.8, 4) is 11.5 Å². The van der Waals surface area contributed by atoms with Gasteiger partial charge in [0.1, 0.15) is 5.82 Å². The second-order valence-corrected chi connectivity index (χ2v) is 6.34. The molecule has 120 valence electrons. The Morgan fingerprint density at radius 2 is 1.78 bits per heavy atom. The van der Waals surface area contributed by atoms with Crippen LogP contribution in [0.5, 0.6) is 11.5 Å². The second-order valence-electron chi connectivity index (χ2n) is 6.34. The topological polar surface area (TPSA) is 47.6 Å². The van der Waals surface area contributed by atoms with E-state index in [9.17, 15) is 9.18 Å². The van der Waals surface area contributed by atoms with Gasteiger partial charge in [0.15, 0.2) is 11.5 Å². The van der Waals surface area contributed by atoms with E-state index in [0.29, 0.717) is 30.3 Å². The lowest BCUT2D eigenvalue weighted by molar-refractivity contribution is 0.102. The molecule has 0 bridgehead atoms. The van der Waals surface area contributed by atoms with Crippen LogP contribution in [0.1, 0.15) is 24.2 Å². The minimum atomic E-state index is -0.475. The van der Waals surface area contributed by atoms with Gasteiger partial charge in [-0.05, 0) is 30.3 Å². The first kappa shape index (κ1) is 15.3. The molecule has 1 heterocycles. The Morgan fingerprint density at radius 1 is 1.09 bits per heavy atom. The van der Waals surface area contributed by atoms with Gasteiger partial charge in [-0.25, -0.2) is 4.39 Å². The number of rotatable bonds is 2. The number of carbonyl (C=O) groups excluding carboxylic acids is 1. The maximum Gasteiger partial charge on any atom is 0.255 e. The molecular weight excluding hydrogens is 297 g/mol. The number of nitrogens with one attached hydrogen (secondary N) is 1. The third-order valence-electron chi connectivity index (χ3n) is 3.56. The molecule has 3 rings (SSSR count). The van der Waals surface area contributed by atoms with Gasteiger partial charge in [-0.15, -0.1) is 0 Å². The van der Waals surface area contributed by atoms with Gasteiger partial charge >= 0.3 is 0 Å². The largest absolute Gasteiger partial charge is 0.489 e. The molecule has 0 aliphatic carbocycles. The number of carbonyl (C=O) groups is 1. The summed E-state index contributed by atoms with van der Waals surface area (Å²) in [5.41, 5.74) is 0.426. The second kappa shape index (κ2) is 5.91. The molecule has 2 aromatic rings. The van der Waals surface area contributed by atoms with Crippen molar-refractivity contribution in [2.75, 3.05) is 18.5 Å². The third-order valence-corrected chi connectivity index (χ3v) is 3.56. The van der Waals surface area contributed by atoms with Crippen molar-refractivity contribution in [2.45, 2.75) is 13.8 Å². The van der Waals surface area contributed by atoms with Gasteiger partial charge < -0.3 is 14.8 Å². The van der Waals surface area contributed by atoms with E-state index in [1.165, 1.54) is 12.1 Å². The molecule has 23 heavy (non-hydrogen) atoms. The average Bonchev–Trinajstić information content (AvgIpc) is 2.68. The summed E-state index contributed by atoms with van der Waals surface area (Å²) >= 11 is 0. The van der Waals surface area contributed by atoms with Gasteiger partial charge in [-0.1, -0.05) is 26.0 Å². The lowest BCUT2D eigenvalue weighted by atomic mass is 9.97. The van der Waals surface area contributed by atoms with Crippen molar-refractivity contribution in [3.63, 3.8) is 0 Å². The zero-order valence-corrected chi connectivity index (χ0v) is 13.1. The van der Waals surface area contributed by atoms with Crippen molar-refractivity contribution in [1.82, 2.24) is 0 Å². The standard InChI is InChI=1S/C18H18FNO3/c1-18(2)10-22-15-8-7-12(9-16(15)23-11-18)17(21)20-14-6-4-3-5-13(14)19/h3-9H,10-11H2,1-2H3,(H,20,21). The molecule has 0 radical (unpaired) electrons. The number of halogens is 1. The average molecular weight is 315 g/mol. The van der Waals surface area contributed by atoms with Crippen LogP contribution in [-0.4, -0.2) is 19.1 Å². The first-order valence-electron chi connectivity index (χ1n) is 7.40. The highest BCUT2D eigenvalue weighted by atomic mass is 19.1. The fourth-order valence-corrected chi connectivity index (χ4v) is 2.23. The molecule has 0 unspecified atom stereocenters. The molecule has 1 aliphatic heterocycles. The molecule has 0 aromatic heterocycles. The van der Waals surface area contributed by atoms with Crippen molar-refractivity contribution in [3.05, 3.63) is 53.8 Å². The van der Waals surface area contributed by atoms with E-state index in [2.05, 4.69) is 5.32 Å². The van der Waals surface area contributed by atoms with Gasteiger partial charge in [-0.3, -0.25) is 4.79 Å². The summed E-state index contributed by atoms with van der Waals surface area (Å²) in [7, 11) is 0. The van der Waals surface area contributed by atoms with Crippen LogP contribution in [0.3, 0.4) is 0 Å². The minimum absolute atomic E-state index is 0.103. The lowest BCUT2D eigenvalue weighted by Gasteiger charge is -2.19. The fraction of sp³-hybridized carbons (Fsp3) is 0.278. The summed E-state index contributed by atoms with van der Waals surface area (Å²) in [5.74, 6) is 0.261. The highest BCUT2D eigenvalue weighted by Crippen LogP contribution is 2.34. The first-order valence-corrected chi connectivity index (χ1v) is 7.40. The Balaban J connectivity index is 1.81. The molecule has 0 saturated heterocycles. The molecule has 2 aromatic carbocycles. The van der Waals surface area contributed by atoms with Crippen LogP contribution < -0.4 is 14.8 Å². The molecule has 0 spiro atoms. The van der Waals surface area contributed by atoms with Crippen molar-refractivity contribution in [1.29, 1.82) is 0 Å². The van der Waals surface area contributed by atoms with Crippen LogP contribution in [0.25, 0.3) is 0 Å². The molecule has 5 heteroatoms. The molecular formula is C18H18FNO3. The molecule has 0 fully saturated rings. The Kier molecular flexibility index (Phi) is 3.94. The Hall–Kier alpha value is -2.56. The van der Waals surface area contributed by atoms with E-state index in [1.54, 1.807) is 30.3 Å². The zero-order chi connectivity index (χ0) is 16.4. The van der Waals surface area contributed by atoms with Crippen LogP contribution in [0.4, 0.5) is 10.1 Å². The zero-order valence-electron chi connectivity index (χ0n) is 13.1. The SMILES string of the molecule is CC1(C)COc2ccc(C(=O)Nc3ccccc3F)cc2OC1. The molecule has 0 saturated carbocycles. The number of para-hydroxylation sites is 1. The number of hydrogen-bond donors (Lipinski definition) is 1. The predicted molar refractivity (Wildman–Crippen MR) is 85.6 cm³/mol. The van der Waals surface area contributed by atoms with Crippen LogP contribution in [0.2, 0.25) is 0 Å². The van der Waals surface area contributed by atoms with E-state index in [-0.39, 0.29) is 11.1 Å². The smallest absolute Gasteiger partial charge is 0.255 e. The van der Waals surface area contributed by atoms with Crippen LogP contribution in [-0.2, 0) is 0 Å². The monoisotopic (exact) mass is 315 g/mol. The molecule has 0 atom stereocenters. The summed E-state index contributed by atoms with van der Waals surface area (Å²) in [6, 6.07) is 11.0. The van der Waals surface area contributed by atoms with E-state index >= 15 is 0 Å². The van der Waals surface area contributed by atoms with E-state index < -0.39 is 11.7 Å². The van der Waals surface area contributed by atoms with Gasteiger partial charge in [-0.2, -0.15) is 0 Å². The van der Waals surface area contributed by atoms with Crippen LogP contribution >= 0.6 is 0 Å². The Labute approximate surface area is 134 Å². The van der Waals surface area contributed by atoms with Gasteiger partial charge in [0, 0.05) is 11.0 Å². The first-order chi connectivity index (χ1) is 10.9. The van der Waals surface area contributed by atoms with Crippen molar-refractivity contribution >= 4 is 11.6 Å². The minimum Gasteiger partial charge on any atom is -0.489 e. The van der Waals surface area contributed by atoms with Gasteiger partial charge in [0.25, 0.3) is 5.91 Å². The number of ether oxygens (including phenoxy) is 2. The summed E-state index contributed by atoms with van der Waals surface area (Å²) in [6.07, 6.45) is 0. The Bertz CT molecular complexity index is 743. The maximum absolute atomic E-state index is 13.6. The molecule has 1 amide bonds. The number of benzene rings is 2. The van der Waals surface area contributed by atoms with Crippen LogP contribution in [0.15, 0.2) is 42.5 Å².